The Morgan fingerprint density at radius 3 is 2.36 bits per heavy atom. The lowest BCUT2D eigenvalue weighted by Gasteiger charge is -2.31. The molecule has 2 N–H and O–H groups in total. The molecule has 84 valence electrons. The van der Waals surface area contributed by atoms with Crippen LogP contribution in [-0.4, -0.2) is 42.4 Å². The smallest absolute Gasteiger partial charge is 0.165 e. The number of rotatable bonds is 6. The maximum Gasteiger partial charge on any atom is 0.165 e. The van der Waals surface area contributed by atoms with Crippen molar-refractivity contribution >= 4 is 0 Å². The van der Waals surface area contributed by atoms with Gasteiger partial charge in [-0.2, -0.15) is 0 Å². The van der Waals surface area contributed by atoms with Gasteiger partial charge in [-0.25, -0.2) is 0 Å². The number of hydrogen-bond acceptors (Lipinski definition) is 4. The molecule has 1 rings (SSSR count). The predicted octanol–water partition coefficient (Wildman–Crippen LogP) is 0.665. The quantitative estimate of drug-likeness (QED) is 0.493. The van der Waals surface area contributed by atoms with E-state index in [9.17, 15) is 5.11 Å². The Morgan fingerprint density at radius 1 is 1.00 bits per heavy atom. The minimum absolute atomic E-state index is 0.0320. The lowest BCUT2D eigenvalue weighted by Crippen LogP contribution is -2.35. The van der Waals surface area contributed by atoms with Gasteiger partial charge in [0.2, 0.25) is 0 Å². The molecule has 0 radical (unpaired) electrons. The van der Waals surface area contributed by atoms with Crippen molar-refractivity contribution in [2.24, 2.45) is 0 Å². The molecule has 4 nitrogen and oxygen atoms in total. The SMILES string of the molecule is OCCOCCOC1(O)CCCCC1. The van der Waals surface area contributed by atoms with Crippen molar-refractivity contribution in [3.8, 4) is 0 Å². The molecular formula is C10H20O4. The Kier molecular flexibility index (Phi) is 5.40. The summed E-state index contributed by atoms with van der Waals surface area (Å²) in [6, 6.07) is 0. The van der Waals surface area contributed by atoms with Crippen LogP contribution in [0.3, 0.4) is 0 Å². The normalized spacial score (nSPS) is 21.0. The summed E-state index contributed by atoms with van der Waals surface area (Å²) in [4.78, 5) is 0. The second-order valence-corrected chi connectivity index (χ2v) is 3.69. The van der Waals surface area contributed by atoms with Crippen molar-refractivity contribution in [1.82, 2.24) is 0 Å². The van der Waals surface area contributed by atoms with Crippen molar-refractivity contribution in [2.75, 3.05) is 26.4 Å². The molecule has 0 unspecified atom stereocenters. The van der Waals surface area contributed by atoms with Gasteiger partial charge in [0.25, 0.3) is 0 Å². The summed E-state index contributed by atoms with van der Waals surface area (Å²) in [7, 11) is 0. The molecular weight excluding hydrogens is 184 g/mol. The van der Waals surface area contributed by atoms with Crippen LogP contribution >= 0.6 is 0 Å². The van der Waals surface area contributed by atoms with Crippen LogP contribution in [0.1, 0.15) is 32.1 Å². The zero-order chi connectivity index (χ0) is 10.3. The molecule has 1 aliphatic rings. The van der Waals surface area contributed by atoms with Gasteiger partial charge < -0.3 is 19.7 Å². The van der Waals surface area contributed by atoms with Gasteiger partial charge in [0.15, 0.2) is 5.79 Å². The molecule has 0 aromatic carbocycles. The highest BCUT2D eigenvalue weighted by Crippen LogP contribution is 2.28. The molecule has 1 saturated carbocycles. The third-order valence-corrected chi connectivity index (χ3v) is 2.47. The highest BCUT2D eigenvalue weighted by atomic mass is 16.6. The topological polar surface area (TPSA) is 58.9 Å². The lowest BCUT2D eigenvalue weighted by molar-refractivity contribution is -0.225. The molecule has 4 heteroatoms. The number of aliphatic hydroxyl groups excluding tert-OH is 1. The first-order valence-electron chi connectivity index (χ1n) is 5.32. The van der Waals surface area contributed by atoms with E-state index < -0.39 is 5.79 Å². The molecule has 0 aromatic rings. The molecule has 0 spiro atoms. The van der Waals surface area contributed by atoms with Gasteiger partial charge in [-0.05, 0) is 12.8 Å². The van der Waals surface area contributed by atoms with Crippen molar-refractivity contribution in [3.63, 3.8) is 0 Å². The molecule has 0 atom stereocenters. The fourth-order valence-corrected chi connectivity index (χ4v) is 1.71. The summed E-state index contributed by atoms with van der Waals surface area (Å²) in [5.41, 5.74) is 0. The van der Waals surface area contributed by atoms with Gasteiger partial charge in [0.05, 0.1) is 26.4 Å². The molecule has 1 fully saturated rings. The Labute approximate surface area is 84.8 Å². The fourth-order valence-electron chi connectivity index (χ4n) is 1.71. The van der Waals surface area contributed by atoms with E-state index in [1.54, 1.807) is 0 Å². The van der Waals surface area contributed by atoms with Gasteiger partial charge >= 0.3 is 0 Å². The van der Waals surface area contributed by atoms with Crippen LogP contribution in [0.15, 0.2) is 0 Å². The first kappa shape index (κ1) is 11.9. The van der Waals surface area contributed by atoms with Gasteiger partial charge in [0.1, 0.15) is 0 Å². The molecule has 0 aromatic heterocycles. The van der Waals surface area contributed by atoms with E-state index in [4.69, 9.17) is 14.6 Å². The molecule has 0 saturated heterocycles. The molecule has 1 aliphatic carbocycles. The van der Waals surface area contributed by atoms with E-state index in [1.807, 2.05) is 0 Å². The second-order valence-electron chi connectivity index (χ2n) is 3.69. The van der Waals surface area contributed by atoms with Crippen LogP contribution in [0.4, 0.5) is 0 Å². The largest absolute Gasteiger partial charge is 0.394 e. The zero-order valence-electron chi connectivity index (χ0n) is 8.57. The average Bonchev–Trinajstić information content (AvgIpc) is 2.18. The van der Waals surface area contributed by atoms with Crippen molar-refractivity contribution in [1.29, 1.82) is 0 Å². The molecule has 14 heavy (non-hydrogen) atoms. The Bertz CT molecular complexity index is 143. The maximum atomic E-state index is 9.90. The van der Waals surface area contributed by atoms with E-state index in [-0.39, 0.29) is 6.61 Å². The molecule has 0 aliphatic heterocycles. The van der Waals surface area contributed by atoms with Crippen LogP contribution in [0, 0.1) is 0 Å². The Morgan fingerprint density at radius 2 is 1.71 bits per heavy atom. The summed E-state index contributed by atoms with van der Waals surface area (Å²) in [5.74, 6) is -0.916. The molecule has 0 heterocycles. The first-order chi connectivity index (χ1) is 6.77. The van der Waals surface area contributed by atoms with Crippen molar-refractivity contribution in [2.45, 2.75) is 37.9 Å². The number of hydrogen-bond donors (Lipinski definition) is 2. The van der Waals surface area contributed by atoms with E-state index in [0.717, 1.165) is 25.7 Å². The van der Waals surface area contributed by atoms with E-state index in [0.29, 0.717) is 19.8 Å². The third-order valence-electron chi connectivity index (χ3n) is 2.47. The minimum atomic E-state index is -0.916. The Balaban J connectivity index is 2.03. The molecule has 0 bridgehead atoms. The minimum Gasteiger partial charge on any atom is -0.394 e. The highest BCUT2D eigenvalue weighted by Gasteiger charge is 2.29. The number of aliphatic hydroxyl groups is 2. The summed E-state index contributed by atoms with van der Waals surface area (Å²) in [5, 5.41) is 18.4. The monoisotopic (exact) mass is 204 g/mol. The van der Waals surface area contributed by atoms with E-state index >= 15 is 0 Å². The number of ether oxygens (including phenoxy) is 2. The maximum absolute atomic E-state index is 9.90. The summed E-state index contributed by atoms with van der Waals surface area (Å²) in [6.07, 6.45) is 4.72. The lowest BCUT2D eigenvalue weighted by atomic mass is 9.94. The van der Waals surface area contributed by atoms with Gasteiger partial charge in [-0.3, -0.25) is 0 Å². The van der Waals surface area contributed by atoms with E-state index in [2.05, 4.69) is 0 Å². The highest BCUT2D eigenvalue weighted by molar-refractivity contribution is 4.72. The van der Waals surface area contributed by atoms with Gasteiger partial charge in [-0.1, -0.05) is 6.42 Å². The van der Waals surface area contributed by atoms with E-state index in [1.165, 1.54) is 6.42 Å². The van der Waals surface area contributed by atoms with Gasteiger partial charge in [0, 0.05) is 12.8 Å². The second kappa shape index (κ2) is 6.35. The summed E-state index contributed by atoms with van der Waals surface area (Å²) < 4.78 is 10.4. The van der Waals surface area contributed by atoms with Crippen LogP contribution in [0.2, 0.25) is 0 Å². The van der Waals surface area contributed by atoms with Crippen molar-refractivity contribution < 1.29 is 19.7 Å². The van der Waals surface area contributed by atoms with Crippen molar-refractivity contribution in [3.05, 3.63) is 0 Å². The van der Waals surface area contributed by atoms with Crippen LogP contribution in [0.25, 0.3) is 0 Å². The van der Waals surface area contributed by atoms with Crippen LogP contribution in [0.5, 0.6) is 0 Å². The first-order valence-corrected chi connectivity index (χ1v) is 5.32. The third kappa shape index (κ3) is 4.37. The van der Waals surface area contributed by atoms with Crippen LogP contribution in [-0.2, 0) is 9.47 Å². The van der Waals surface area contributed by atoms with Gasteiger partial charge in [-0.15, -0.1) is 0 Å². The summed E-state index contributed by atoms with van der Waals surface area (Å²) >= 11 is 0. The predicted molar refractivity (Wildman–Crippen MR) is 51.9 cm³/mol. The Hall–Kier alpha value is -0.160. The fraction of sp³-hybridized carbons (Fsp3) is 1.00. The average molecular weight is 204 g/mol. The van der Waals surface area contributed by atoms with Crippen LogP contribution < -0.4 is 0 Å². The zero-order valence-corrected chi connectivity index (χ0v) is 8.57. The molecule has 0 amide bonds. The standard InChI is InChI=1S/C10H20O4/c11-6-7-13-8-9-14-10(12)4-2-1-3-5-10/h11-12H,1-9H2. The summed E-state index contributed by atoms with van der Waals surface area (Å²) in [6.45, 7) is 1.20.